The van der Waals surface area contributed by atoms with E-state index < -0.39 is 58.5 Å². The van der Waals surface area contributed by atoms with Crippen molar-refractivity contribution in [3.63, 3.8) is 0 Å². The molecule has 1 amide bonds. The standard InChI is InChI=1S/C43H53F2N5O5SSi/c1-12-56(52,53)41-47-37-34-39(48-41)49-22-28-17-19-32(50(28)42(51)55-43(9,10)11)38(49)26(8)54-40(34)46-36(35(37)45)30-15-13-14-27-16-18-31(44)29(33(27)30)20-21-57(23(2)3,24(4)5)25(6)7/h13-16,18,23-26,28,32,38H,12,17,19,22H2,1-11H3/t26-,28+,32-,38+/m0/s1. The normalized spacial score (nSPS) is 20.8. The fourth-order valence-electron chi connectivity index (χ4n) is 9.74. The SMILES string of the molecule is CCS(=O)(=O)c1nc2c3c(nc(-c4cccc5ccc(F)c(C#C[Si](C(C)C)(C(C)C)C(C)C)c45)c(F)c3n1)O[C@@H](C)[C@@H]1[C@@H]3CC[C@H](CN21)N3C(=O)OC(C)(C)C. The third kappa shape index (κ3) is 6.72. The maximum Gasteiger partial charge on any atom is 0.410 e. The van der Waals surface area contributed by atoms with Crippen LogP contribution in [0.5, 0.6) is 5.88 Å². The lowest BCUT2D eigenvalue weighted by atomic mass is 9.96. The molecule has 14 heteroatoms. The van der Waals surface area contributed by atoms with Gasteiger partial charge in [0, 0.05) is 17.5 Å². The van der Waals surface area contributed by atoms with Crippen molar-refractivity contribution < 1.29 is 31.5 Å². The molecule has 0 saturated carbocycles. The number of nitrogens with zero attached hydrogens (tertiary/aromatic N) is 5. The van der Waals surface area contributed by atoms with Crippen molar-refractivity contribution >= 4 is 51.5 Å². The quantitative estimate of drug-likeness (QED) is 0.107. The van der Waals surface area contributed by atoms with Crippen LogP contribution >= 0.6 is 0 Å². The minimum atomic E-state index is -4.04. The van der Waals surface area contributed by atoms with Gasteiger partial charge < -0.3 is 14.4 Å². The topological polar surface area (TPSA) is 115 Å². The number of hydrogen-bond acceptors (Lipinski definition) is 9. The molecule has 4 atom stereocenters. The van der Waals surface area contributed by atoms with Gasteiger partial charge in [-0.3, -0.25) is 4.90 Å². The molecule has 0 unspecified atom stereocenters. The highest BCUT2D eigenvalue weighted by molar-refractivity contribution is 7.91. The minimum absolute atomic E-state index is 0.0188. The first-order valence-corrected chi connectivity index (χ1v) is 23.9. The number of amides is 1. The average molecular weight is 818 g/mol. The third-order valence-corrected chi connectivity index (χ3v) is 20.0. The molecule has 2 saturated heterocycles. The zero-order chi connectivity index (χ0) is 41.5. The maximum atomic E-state index is 17.5. The second-order valence-corrected chi connectivity index (χ2v) is 25.4. The number of ether oxygens (including phenoxy) is 2. The van der Waals surface area contributed by atoms with Crippen molar-refractivity contribution in [1.82, 2.24) is 19.9 Å². The molecule has 0 aliphatic carbocycles. The first kappa shape index (κ1) is 40.8. The molecule has 2 aromatic carbocycles. The summed E-state index contributed by atoms with van der Waals surface area (Å²) in [6, 6.07) is 7.11. The summed E-state index contributed by atoms with van der Waals surface area (Å²) >= 11 is 0. The van der Waals surface area contributed by atoms with E-state index in [9.17, 15) is 13.2 Å². The zero-order valence-electron chi connectivity index (χ0n) is 34.7. The Hall–Kier alpha value is -4.35. The van der Waals surface area contributed by atoms with Gasteiger partial charge in [0.2, 0.25) is 20.9 Å². The van der Waals surface area contributed by atoms with Crippen molar-refractivity contribution in [2.24, 2.45) is 0 Å². The lowest BCUT2D eigenvalue weighted by Crippen LogP contribution is -2.65. The molecule has 0 radical (unpaired) electrons. The largest absolute Gasteiger partial charge is 0.472 e. The molecule has 304 valence electrons. The Morgan fingerprint density at radius 2 is 1.68 bits per heavy atom. The van der Waals surface area contributed by atoms with Crippen LogP contribution in [0.4, 0.5) is 19.4 Å². The predicted molar refractivity (Wildman–Crippen MR) is 222 cm³/mol. The van der Waals surface area contributed by atoms with Crippen molar-refractivity contribution in [2.45, 2.75) is 141 Å². The summed E-state index contributed by atoms with van der Waals surface area (Å²) in [6.07, 6.45) is 0.278. The number of carbonyl (C=O) groups is 1. The molecule has 0 spiro atoms. The van der Waals surface area contributed by atoms with E-state index in [-0.39, 0.29) is 63.8 Å². The van der Waals surface area contributed by atoms with E-state index in [4.69, 9.17) is 14.5 Å². The molecule has 2 bridgehead atoms. The molecular weight excluding hydrogens is 765 g/mol. The molecule has 2 aromatic heterocycles. The number of carbonyl (C=O) groups excluding carboxylic acids is 1. The van der Waals surface area contributed by atoms with Gasteiger partial charge in [0.25, 0.3) is 0 Å². The van der Waals surface area contributed by atoms with E-state index in [2.05, 4.69) is 63.0 Å². The first-order valence-electron chi connectivity index (χ1n) is 20.0. The molecule has 4 aromatic rings. The summed E-state index contributed by atoms with van der Waals surface area (Å²) < 4.78 is 73.2. The van der Waals surface area contributed by atoms with Crippen LogP contribution in [-0.4, -0.2) is 84.6 Å². The number of benzene rings is 2. The predicted octanol–water partition coefficient (Wildman–Crippen LogP) is 9.22. The monoisotopic (exact) mass is 817 g/mol. The molecule has 2 fully saturated rings. The fraction of sp³-hybridized carbons (Fsp3) is 0.535. The Morgan fingerprint density at radius 1 is 1.00 bits per heavy atom. The fourth-order valence-corrected chi connectivity index (χ4v) is 15.7. The highest BCUT2D eigenvalue weighted by Gasteiger charge is 2.54. The summed E-state index contributed by atoms with van der Waals surface area (Å²) in [5.74, 6) is 1.76. The minimum Gasteiger partial charge on any atom is -0.472 e. The average Bonchev–Trinajstić information content (AvgIpc) is 3.38. The van der Waals surface area contributed by atoms with E-state index >= 15 is 8.78 Å². The number of anilines is 1. The molecular formula is C43H53F2N5O5SSi. The number of rotatable bonds is 6. The highest BCUT2D eigenvalue weighted by atomic mass is 32.2. The summed E-state index contributed by atoms with van der Waals surface area (Å²) in [7, 11) is -6.35. The van der Waals surface area contributed by atoms with Crippen molar-refractivity contribution in [2.75, 3.05) is 17.2 Å². The molecule has 10 nitrogen and oxygen atoms in total. The van der Waals surface area contributed by atoms with Gasteiger partial charge in [-0.1, -0.05) is 78.7 Å². The maximum absolute atomic E-state index is 17.5. The van der Waals surface area contributed by atoms with E-state index in [0.717, 1.165) is 0 Å². The van der Waals surface area contributed by atoms with Gasteiger partial charge in [-0.25, -0.2) is 36.9 Å². The first-order chi connectivity index (χ1) is 26.7. The number of halogens is 2. The van der Waals surface area contributed by atoms with Crippen molar-refractivity contribution in [3.8, 4) is 28.6 Å². The number of piperazine rings is 1. The second-order valence-electron chi connectivity index (χ2n) is 17.7. The zero-order valence-corrected chi connectivity index (χ0v) is 36.5. The summed E-state index contributed by atoms with van der Waals surface area (Å²) in [5, 5.41) is 0.650. The van der Waals surface area contributed by atoms with Crippen LogP contribution < -0.4 is 9.64 Å². The van der Waals surface area contributed by atoms with Crippen LogP contribution in [-0.2, 0) is 14.6 Å². The van der Waals surface area contributed by atoms with Gasteiger partial charge in [0.1, 0.15) is 48.0 Å². The van der Waals surface area contributed by atoms with Crippen LogP contribution in [0.3, 0.4) is 0 Å². The van der Waals surface area contributed by atoms with E-state index in [1.165, 1.54) is 13.0 Å². The number of pyridine rings is 1. The Labute approximate surface area is 335 Å². The van der Waals surface area contributed by atoms with Gasteiger partial charge in [0.05, 0.1) is 29.4 Å². The van der Waals surface area contributed by atoms with Crippen LogP contribution in [0.1, 0.15) is 94.6 Å². The smallest absolute Gasteiger partial charge is 0.410 e. The molecule has 0 N–H and O–H groups in total. The van der Waals surface area contributed by atoms with Crippen molar-refractivity contribution in [3.05, 3.63) is 47.5 Å². The molecule has 57 heavy (non-hydrogen) atoms. The number of hydrogen-bond donors (Lipinski definition) is 0. The molecule has 3 aliphatic rings. The number of aromatic nitrogens is 3. The summed E-state index contributed by atoms with van der Waals surface area (Å²) in [6.45, 7) is 22.2. The number of fused-ring (bicyclic) bond motifs is 6. The lowest BCUT2D eigenvalue weighted by molar-refractivity contribution is 0.000947. The van der Waals surface area contributed by atoms with Gasteiger partial charge in [-0.05, 0) is 68.6 Å². The Balaban J connectivity index is 1.48. The van der Waals surface area contributed by atoms with Crippen molar-refractivity contribution in [1.29, 1.82) is 0 Å². The molecule has 3 aliphatic heterocycles. The highest BCUT2D eigenvalue weighted by Crippen LogP contribution is 2.47. The lowest BCUT2D eigenvalue weighted by Gasteiger charge is -2.48. The Bertz CT molecular complexity index is 2440. The Kier molecular flexibility index (Phi) is 10.4. The van der Waals surface area contributed by atoms with Gasteiger partial charge >= 0.3 is 6.09 Å². The molecule has 5 heterocycles. The second kappa shape index (κ2) is 14.5. The van der Waals surface area contributed by atoms with Crippen LogP contribution in [0.25, 0.3) is 32.9 Å². The summed E-state index contributed by atoms with van der Waals surface area (Å²) in [4.78, 5) is 31.2. The van der Waals surface area contributed by atoms with Gasteiger partial charge in [-0.2, -0.15) is 0 Å². The molecule has 7 rings (SSSR count). The summed E-state index contributed by atoms with van der Waals surface area (Å²) in [5.41, 5.74) is 3.79. The van der Waals surface area contributed by atoms with Gasteiger partial charge in [0.15, 0.2) is 5.82 Å². The van der Waals surface area contributed by atoms with Crippen LogP contribution in [0, 0.1) is 23.1 Å². The van der Waals surface area contributed by atoms with E-state index in [1.807, 2.05) is 38.7 Å². The van der Waals surface area contributed by atoms with Gasteiger partial charge in [-0.15, -0.1) is 5.54 Å². The van der Waals surface area contributed by atoms with Crippen LogP contribution in [0.15, 0.2) is 35.5 Å². The number of sulfone groups is 1. The van der Waals surface area contributed by atoms with E-state index in [0.29, 0.717) is 40.2 Å². The Morgan fingerprint density at radius 3 is 2.32 bits per heavy atom. The third-order valence-electron chi connectivity index (χ3n) is 12.3. The van der Waals surface area contributed by atoms with E-state index in [1.54, 1.807) is 23.1 Å². The van der Waals surface area contributed by atoms with Crippen LogP contribution in [0.2, 0.25) is 16.6 Å².